The van der Waals surface area contributed by atoms with E-state index >= 15 is 0 Å². The monoisotopic (exact) mass is 209 g/mol. The van der Waals surface area contributed by atoms with Crippen molar-refractivity contribution in [2.45, 2.75) is 44.6 Å². The normalized spacial score (nSPS) is 19.6. The summed E-state index contributed by atoms with van der Waals surface area (Å²) >= 11 is 0. The standard InChI is InChI=1S/C11H19N3O/c1-11(4-2-3-5-11)9-8-10(12)14(13-9)6-7-15/h8,15H,2-7,12H2,1H3. The van der Waals surface area contributed by atoms with Crippen molar-refractivity contribution in [3.63, 3.8) is 0 Å². The molecule has 0 aromatic carbocycles. The summed E-state index contributed by atoms with van der Waals surface area (Å²) in [6, 6.07) is 1.96. The summed E-state index contributed by atoms with van der Waals surface area (Å²) in [6.07, 6.45) is 4.96. The second-order valence-corrected chi connectivity index (χ2v) is 4.67. The third kappa shape index (κ3) is 1.86. The van der Waals surface area contributed by atoms with E-state index in [4.69, 9.17) is 10.8 Å². The molecule has 0 bridgehead atoms. The Morgan fingerprint density at radius 3 is 2.80 bits per heavy atom. The molecular weight excluding hydrogens is 190 g/mol. The fraction of sp³-hybridized carbons (Fsp3) is 0.727. The molecule has 1 heterocycles. The number of aliphatic hydroxyl groups excluding tert-OH is 1. The van der Waals surface area contributed by atoms with Crippen LogP contribution in [0.25, 0.3) is 0 Å². The molecule has 0 radical (unpaired) electrons. The molecule has 4 nitrogen and oxygen atoms in total. The van der Waals surface area contributed by atoms with Crippen molar-refractivity contribution in [2.75, 3.05) is 12.3 Å². The number of anilines is 1. The lowest BCUT2D eigenvalue weighted by atomic mass is 9.85. The zero-order chi connectivity index (χ0) is 10.9. The summed E-state index contributed by atoms with van der Waals surface area (Å²) in [6.45, 7) is 2.83. The molecule has 0 unspecified atom stereocenters. The largest absolute Gasteiger partial charge is 0.394 e. The van der Waals surface area contributed by atoms with Gasteiger partial charge >= 0.3 is 0 Å². The van der Waals surface area contributed by atoms with E-state index in [1.165, 1.54) is 25.7 Å². The predicted molar refractivity (Wildman–Crippen MR) is 59.5 cm³/mol. The Bertz CT molecular complexity index is 340. The Morgan fingerprint density at radius 2 is 2.20 bits per heavy atom. The lowest BCUT2D eigenvalue weighted by molar-refractivity contribution is 0.269. The summed E-state index contributed by atoms with van der Waals surface area (Å²) in [5.74, 6) is 0.659. The van der Waals surface area contributed by atoms with Crippen LogP contribution >= 0.6 is 0 Å². The average molecular weight is 209 g/mol. The molecule has 2 rings (SSSR count). The molecular formula is C11H19N3O. The summed E-state index contributed by atoms with van der Waals surface area (Å²) in [5, 5.41) is 13.4. The number of rotatable bonds is 3. The molecule has 4 heteroatoms. The second kappa shape index (κ2) is 3.85. The number of nitrogens with two attached hydrogens (primary N) is 1. The molecule has 1 aliphatic carbocycles. The van der Waals surface area contributed by atoms with Crippen molar-refractivity contribution >= 4 is 5.82 Å². The van der Waals surface area contributed by atoms with Gasteiger partial charge in [-0.05, 0) is 12.8 Å². The Balaban J connectivity index is 2.25. The molecule has 1 aromatic rings. The van der Waals surface area contributed by atoms with Crippen LogP contribution in [0.4, 0.5) is 5.82 Å². The molecule has 1 fully saturated rings. The van der Waals surface area contributed by atoms with Gasteiger partial charge in [0.05, 0.1) is 18.8 Å². The Hall–Kier alpha value is -1.03. The smallest absolute Gasteiger partial charge is 0.122 e. The maximum atomic E-state index is 8.87. The van der Waals surface area contributed by atoms with Gasteiger partial charge in [0, 0.05) is 11.5 Å². The minimum Gasteiger partial charge on any atom is -0.394 e. The third-order valence-electron chi connectivity index (χ3n) is 3.45. The first-order valence-corrected chi connectivity index (χ1v) is 5.60. The second-order valence-electron chi connectivity index (χ2n) is 4.67. The van der Waals surface area contributed by atoms with Gasteiger partial charge in [0.1, 0.15) is 5.82 Å². The third-order valence-corrected chi connectivity index (χ3v) is 3.45. The maximum Gasteiger partial charge on any atom is 0.122 e. The van der Waals surface area contributed by atoms with Gasteiger partial charge in [0.15, 0.2) is 0 Å². The van der Waals surface area contributed by atoms with Crippen LogP contribution in [0, 0.1) is 0 Å². The maximum absolute atomic E-state index is 8.87. The molecule has 0 spiro atoms. The van der Waals surface area contributed by atoms with Crippen LogP contribution in [-0.4, -0.2) is 21.5 Å². The highest BCUT2D eigenvalue weighted by molar-refractivity contribution is 5.34. The molecule has 1 aliphatic rings. The van der Waals surface area contributed by atoms with Crippen LogP contribution in [0.5, 0.6) is 0 Å². The zero-order valence-electron chi connectivity index (χ0n) is 9.24. The quantitative estimate of drug-likeness (QED) is 0.788. The Kier molecular flexibility index (Phi) is 2.69. The molecule has 3 N–H and O–H groups in total. The summed E-state index contributed by atoms with van der Waals surface area (Å²) in [5.41, 5.74) is 7.14. The number of hydrogen-bond acceptors (Lipinski definition) is 3. The van der Waals surface area contributed by atoms with Gasteiger partial charge < -0.3 is 10.8 Å². The van der Waals surface area contributed by atoms with E-state index in [0.29, 0.717) is 12.4 Å². The first-order chi connectivity index (χ1) is 7.15. The van der Waals surface area contributed by atoms with Crippen molar-refractivity contribution < 1.29 is 5.11 Å². The number of hydrogen-bond donors (Lipinski definition) is 2. The van der Waals surface area contributed by atoms with Crippen molar-refractivity contribution in [2.24, 2.45) is 0 Å². The predicted octanol–water partition coefficient (Wildman–Crippen LogP) is 1.29. The first-order valence-electron chi connectivity index (χ1n) is 5.60. The summed E-state index contributed by atoms with van der Waals surface area (Å²) in [7, 11) is 0. The van der Waals surface area contributed by atoms with Gasteiger partial charge in [0.25, 0.3) is 0 Å². The van der Waals surface area contributed by atoms with E-state index in [1.807, 2.05) is 6.07 Å². The number of nitrogen functional groups attached to an aromatic ring is 1. The molecule has 84 valence electrons. The highest BCUT2D eigenvalue weighted by Gasteiger charge is 2.33. The molecule has 0 amide bonds. The average Bonchev–Trinajstić information content (AvgIpc) is 2.76. The van der Waals surface area contributed by atoms with E-state index in [9.17, 15) is 0 Å². The van der Waals surface area contributed by atoms with Crippen molar-refractivity contribution in [3.05, 3.63) is 11.8 Å². The molecule has 0 saturated heterocycles. The minimum absolute atomic E-state index is 0.0854. The van der Waals surface area contributed by atoms with Gasteiger partial charge in [-0.3, -0.25) is 0 Å². The first kappa shape index (κ1) is 10.5. The van der Waals surface area contributed by atoms with E-state index in [2.05, 4.69) is 12.0 Å². The van der Waals surface area contributed by atoms with Crippen molar-refractivity contribution in [3.8, 4) is 0 Å². The summed E-state index contributed by atoms with van der Waals surface area (Å²) in [4.78, 5) is 0. The topological polar surface area (TPSA) is 64.1 Å². The number of aliphatic hydroxyl groups is 1. The molecule has 1 aromatic heterocycles. The van der Waals surface area contributed by atoms with Crippen LogP contribution in [0.2, 0.25) is 0 Å². The lowest BCUT2D eigenvalue weighted by Gasteiger charge is -2.20. The fourth-order valence-corrected chi connectivity index (χ4v) is 2.41. The lowest BCUT2D eigenvalue weighted by Crippen LogP contribution is -2.18. The van der Waals surface area contributed by atoms with Gasteiger partial charge in [0.2, 0.25) is 0 Å². The van der Waals surface area contributed by atoms with Crippen LogP contribution in [-0.2, 0) is 12.0 Å². The Labute approximate surface area is 90.1 Å². The molecule has 0 aliphatic heterocycles. The number of nitrogens with zero attached hydrogens (tertiary/aromatic N) is 2. The van der Waals surface area contributed by atoms with Crippen LogP contribution in [0.1, 0.15) is 38.3 Å². The molecule has 1 saturated carbocycles. The highest BCUT2D eigenvalue weighted by Crippen LogP contribution is 2.40. The number of aromatic nitrogens is 2. The van der Waals surface area contributed by atoms with Crippen LogP contribution < -0.4 is 5.73 Å². The SMILES string of the molecule is CC1(c2cc(N)n(CCO)n2)CCCC1. The van der Waals surface area contributed by atoms with Crippen LogP contribution in [0.15, 0.2) is 6.07 Å². The van der Waals surface area contributed by atoms with Gasteiger partial charge in [-0.25, -0.2) is 4.68 Å². The van der Waals surface area contributed by atoms with E-state index in [-0.39, 0.29) is 12.0 Å². The van der Waals surface area contributed by atoms with Crippen molar-refractivity contribution in [1.29, 1.82) is 0 Å². The van der Waals surface area contributed by atoms with E-state index in [1.54, 1.807) is 4.68 Å². The molecule has 0 atom stereocenters. The highest BCUT2D eigenvalue weighted by atomic mass is 16.3. The fourth-order valence-electron chi connectivity index (χ4n) is 2.41. The van der Waals surface area contributed by atoms with E-state index < -0.39 is 0 Å². The van der Waals surface area contributed by atoms with Gasteiger partial charge in [-0.15, -0.1) is 0 Å². The van der Waals surface area contributed by atoms with Gasteiger partial charge in [-0.1, -0.05) is 19.8 Å². The molecule has 15 heavy (non-hydrogen) atoms. The zero-order valence-corrected chi connectivity index (χ0v) is 9.24. The Morgan fingerprint density at radius 1 is 1.53 bits per heavy atom. The minimum atomic E-state index is 0.0854. The van der Waals surface area contributed by atoms with Crippen LogP contribution in [0.3, 0.4) is 0 Å². The van der Waals surface area contributed by atoms with E-state index in [0.717, 1.165) is 5.69 Å². The summed E-state index contributed by atoms with van der Waals surface area (Å²) < 4.78 is 1.69. The van der Waals surface area contributed by atoms with Crippen molar-refractivity contribution in [1.82, 2.24) is 9.78 Å². The van der Waals surface area contributed by atoms with Gasteiger partial charge in [-0.2, -0.15) is 5.10 Å².